The van der Waals surface area contributed by atoms with Gasteiger partial charge >= 0.3 is 0 Å². The average molecular weight is 309 g/mol. The van der Waals surface area contributed by atoms with Crippen molar-refractivity contribution in [1.29, 1.82) is 0 Å². The molecule has 2 aromatic rings. The maximum Gasteiger partial charge on any atom is 0.241 e. The van der Waals surface area contributed by atoms with Gasteiger partial charge in [0.25, 0.3) is 0 Å². The Morgan fingerprint density at radius 3 is 2.52 bits per heavy atom. The zero-order valence-electron chi connectivity index (χ0n) is 11.8. The van der Waals surface area contributed by atoms with Gasteiger partial charge in [-0.1, -0.05) is 12.1 Å². The third-order valence-electron chi connectivity index (χ3n) is 3.10. The molecule has 0 radical (unpaired) electrons. The quantitative estimate of drug-likeness (QED) is 0.944. The van der Waals surface area contributed by atoms with E-state index in [0.29, 0.717) is 5.56 Å². The molecular formula is C15H16FNO3S. The molecular weight excluding hydrogens is 293 g/mol. The number of halogens is 1. The Morgan fingerprint density at radius 2 is 1.86 bits per heavy atom. The Hall–Kier alpha value is -1.92. The molecule has 0 atom stereocenters. The molecule has 0 aliphatic rings. The normalized spacial score (nSPS) is 11.4. The fourth-order valence-electron chi connectivity index (χ4n) is 1.91. The summed E-state index contributed by atoms with van der Waals surface area (Å²) in [4.78, 5) is -0.0726. The predicted octanol–water partition coefficient (Wildman–Crippen LogP) is 2.67. The van der Waals surface area contributed by atoms with Gasteiger partial charge < -0.3 is 4.74 Å². The summed E-state index contributed by atoms with van der Waals surface area (Å²) in [5.41, 5.74) is 2.27. The number of hydrogen-bond donors (Lipinski definition) is 1. The summed E-state index contributed by atoms with van der Waals surface area (Å²) in [6.07, 6.45) is 0. The molecule has 0 saturated heterocycles. The summed E-state index contributed by atoms with van der Waals surface area (Å²) < 4.78 is 41.9. The number of primary sulfonamides is 1. The molecule has 0 bridgehead atoms. The van der Waals surface area contributed by atoms with Crippen LogP contribution in [0.4, 0.5) is 4.39 Å². The highest BCUT2D eigenvalue weighted by atomic mass is 32.2. The van der Waals surface area contributed by atoms with Gasteiger partial charge in [-0.05, 0) is 54.8 Å². The summed E-state index contributed by atoms with van der Waals surface area (Å²) in [5, 5.41) is 5.18. The lowest BCUT2D eigenvalue weighted by Crippen LogP contribution is -2.14. The van der Waals surface area contributed by atoms with Crippen molar-refractivity contribution in [2.45, 2.75) is 25.3 Å². The first kappa shape index (κ1) is 15.5. The van der Waals surface area contributed by atoms with Gasteiger partial charge in [0, 0.05) is 0 Å². The third-order valence-corrected chi connectivity index (χ3v) is 4.03. The average Bonchev–Trinajstić information content (AvgIpc) is 2.40. The van der Waals surface area contributed by atoms with E-state index < -0.39 is 10.0 Å². The molecule has 0 spiro atoms. The van der Waals surface area contributed by atoms with Crippen LogP contribution in [0.25, 0.3) is 0 Å². The number of hydrogen-bond acceptors (Lipinski definition) is 3. The fraction of sp³-hybridized carbons (Fsp3) is 0.200. The van der Waals surface area contributed by atoms with Gasteiger partial charge in [0.05, 0.1) is 0 Å². The summed E-state index contributed by atoms with van der Waals surface area (Å²) >= 11 is 0. The van der Waals surface area contributed by atoms with Gasteiger partial charge in [-0.3, -0.25) is 0 Å². The van der Waals surface area contributed by atoms with E-state index in [2.05, 4.69) is 0 Å². The lowest BCUT2D eigenvalue weighted by molar-refractivity contribution is 0.296. The molecule has 2 aromatic carbocycles. The van der Waals surface area contributed by atoms with Crippen molar-refractivity contribution in [3.63, 3.8) is 0 Å². The van der Waals surface area contributed by atoms with Crippen LogP contribution in [0.3, 0.4) is 0 Å². The van der Waals surface area contributed by atoms with E-state index in [-0.39, 0.29) is 23.1 Å². The second-order valence-corrected chi connectivity index (χ2v) is 6.38. The Kier molecular flexibility index (Phi) is 4.29. The maximum atomic E-state index is 13.2. The minimum absolute atomic E-state index is 0.0647. The van der Waals surface area contributed by atoms with E-state index >= 15 is 0 Å². The first-order valence-corrected chi connectivity index (χ1v) is 7.83. The molecule has 0 unspecified atom stereocenters. The highest BCUT2D eigenvalue weighted by Crippen LogP contribution is 2.25. The molecule has 0 saturated carbocycles. The Bertz CT molecular complexity index is 772. The van der Waals surface area contributed by atoms with Crippen LogP contribution in [0.2, 0.25) is 0 Å². The molecule has 112 valence electrons. The SMILES string of the molecule is Cc1ccc(OCc2cc(F)ccc2C)c(S(N)(=O)=O)c1. The minimum atomic E-state index is -3.88. The number of nitrogens with two attached hydrogens (primary N) is 1. The smallest absolute Gasteiger partial charge is 0.241 e. The number of benzene rings is 2. The predicted molar refractivity (Wildman–Crippen MR) is 78.0 cm³/mol. The van der Waals surface area contributed by atoms with E-state index in [4.69, 9.17) is 9.88 Å². The van der Waals surface area contributed by atoms with Crippen molar-refractivity contribution < 1.29 is 17.5 Å². The highest BCUT2D eigenvalue weighted by Gasteiger charge is 2.15. The first-order valence-electron chi connectivity index (χ1n) is 6.28. The Labute approximate surface area is 123 Å². The van der Waals surface area contributed by atoms with Crippen molar-refractivity contribution in [3.05, 3.63) is 58.9 Å². The maximum absolute atomic E-state index is 13.2. The van der Waals surface area contributed by atoms with Gasteiger partial charge in [0.1, 0.15) is 23.1 Å². The summed E-state index contributed by atoms with van der Waals surface area (Å²) in [5.74, 6) is -0.207. The summed E-state index contributed by atoms with van der Waals surface area (Å²) in [6, 6.07) is 9.08. The second kappa shape index (κ2) is 5.83. The molecule has 0 aromatic heterocycles. The zero-order chi connectivity index (χ0) is 15.6. The van der Waals surface area contributed by atoms with Crippen LogP contribution in [0.15, 0.2) is 41.3 Å². The van der Waals surface area contributed by atoms with E-state index in [1.807, 2.05) is 6.92 Å². The summed E-state index contributed by atoms with van der Waals surface area (Å²) in [7, 11) is -3.88. The van der Waals surface area contributed by atoms with Gasteiger partial charge in [0.2, 0.25) is 10.0 Å². The molecule has 21 heavy (non-hydrogen) atoms. The minimum Gasteiger partial charge on any atom is -0.487 e. The molecule has 6 heteroatoms. The second-order valence-electron chi connectivity index (χ2n) is 4.85. The van der Waals surface area contributed by atoms with Crippen LogP contribution in [0.5, 0.6) is 5.75 Å². The molecule has 0 amide bonds. The highest BCUT2D eigenvalue weighted by molar-refractivity contribution is 7.89. The standard InChI is InChI=1S/C15H16FNO3S/c1-10-3-6-14(15(7-10)21(17,18)19)20-9-12-8-13(16)5-4-11(12)2/h3-8H,9H2,1-2H3,(H2,17,18,19). The number of rotatable bonds is 4. The van der Waals surface area contributed by atoms with Gasteiger partial charge in [-0.25, -0.2) is 17.9 Å². The largest absolute Gasteiger partial charge is 0.487 e. The molecule has 0 aliphatic carbocycles. The molecule has 0 fully saturated rings. The third kappa shape index (κ3) is 3.80. The molecule has 0 heterocycles. The molecule has 2 N–H and O–H groups in total. The van der Waals surface area contributed by atoms with Crippen LogP contribution in [0, 0.1) is 19.7 Å². The molecule has 2 rings (SSSR count). The molecule has 4 nitrogen and oxygen atoms in total. The lowest BCUT2D eigenvalue weighted by atomic mass is 10.1. The van der Waals surface area contributed by atoms with Gasteiger partial charge in [-0.2, -0.15) is 0 Å². The van der Waals surface area contributed by atoms with Crippen molar-refractivity contribution in [2.24, 2.45) is 5.14 Å². The van der Waals surface area contributed by atoms with E-state index in [1.165, 1.54) is 18.2 Å². The van der Waals surface area contributed by atoms with Crippen LogP contribution in [-0.4, -0.2) is 8.42 Å². The van der Waals surface area contributed by atoms with Crippen LogP contribution in [0.1, 0.15) is 16.7 Å². The van der Waals surface area contributed by atoms with Gasteiger partial charge in [-0.15, -0.1) is 0 Å². The van der Waals surface area contributed by atoms with Crippen molar-refractivity contribution in [2.75, 3.05) is 0 Å². The van der Waals surface area contributed by atoms with E-state index in [0.717, 1.165) is 11.1 Å². The zero-order valence-corrected chi connectivity index (χ0v) is 12.6. The fourth-order valence-corrected chi connectivity index (χ4v) is 2.67. The van der Waals surface area contributed by atoms with Crippen molar-refractivity contribution >= 4 is 10.0 Å². The monoisotopic (exact) mass is 309 g/mol. The topological polar surface area (TPSA) is 69.4 Å². The van der Waals surface area contributed by atoms with Crippen LogP contribution in [-0.2, 0) is 16.6 Å². The van der Waals surface area contributed by atoms with Crippen LogP contribution >= 0.6 is 0 Å². The van der Waals surface area contributed by atoms with Gasteiger partial charge in [0.15, 0.2) is 0 Å². The van der Waals surface area contributed by atoms with E-state index in [1.54, 1.807) is 25.1 Å². The number of ether oxygens (including phenoxy) is 1. The Balaban J connectivity index is 2.30. The Morgan fingerprint density at radius 1 is 1.14 bits per heavy atom. The number of sulfonamides is 1. The van der Waals surface area contributed by atoms with Crippen LogP contribution < -0.4 is 9.88 Å². The van der Waals surface area contributed by atoms with E-state index in [9.17, 15) is 12.8 Å². The first-order chi connectivity index (χ1) is 9.77. The number of aryl methyl sites for hydroxylation is 2. The lowest BCUT2D eigenvalue weighted by Gasteiger charge is -2.12. The summed E-state index contributed by atoms with van der Waals surface area (Å²) in [6.45, 7) is 3.65. The van der Waals surface area contributed by atoms with Crippen molar-refractivity contribution in [1.82, 2.24) is 0 Å². The molecule has 0 aliphatic heterocycles. The van der Waals surface area contributed by atoms with Crippen molar-refractivity contribution in [3.8, 4) is 5.75 Å².